The predicted octanol–water partition coefficient (Wildman–Crippen LogP) is 6.95. The number of allylic oxidation sites excluding steroid dienone is 8. The SMILES string of the molecule is CC(C)=CCCC1=CCC2=C(C1)C(=O)N(Cc1cccc(CN3C(=O)C4=C(CC(CCC=C(C)C)=CC4)C3=O)c1)C2=O. The average molecular weight is 565 g/mol. The maximum atomic E-state index is 13.3. The number of hydrogen-bond acceptors (Lipinski definition) is 4. The monoisotopic (exact) mass is 564 g/mol. The first-order valence-corrected chi connectivity index (χ1v) is 15.0. The molecule has 6 nitrogen and oxygen atoms in total. The van der Waals surface area contributed by atoms with Crippen LogP contribution in [0.5, 0.6) is 0 Å². The summed E-state index contributed by atoms with van der Waals surface area (Å²) < 4.78 is 0. The molecule has 0 unspecified atom stereocenters. The highest BCUT2D eigenvalue weighted by Gasteiger charge is 2.40. The molecule has 0 radical (unpaired) electrons. The third kappa shape index (κ3) is 6.23. The third-order valence-corrected chi connectivity index (χ3v) is 8.45. The van der Waals surface area contributed by atoms with E-state index in [0.29, 0.717) is 48.0 Å². The normalized spacial score (nSPS) is 18.4. The molecule has 4 amide bonds. The Labute approximate surface area is 248 Å². The molecular weight excluding hydrogens is 524 g/mol. The van der Waals surface area contributed by atoms with E-state index in [1.54, 1.807) is 0 Å². The fourth-order valence-electron chi connectivity index (χ4n) is 6.18. The Morgan fingerprint density at radius 3 is 1.45 bits per heavy atom. The van der Waals surface area contributed by atoms with E-state index in [-0.39, 0.29) is 36.7 Å². The van der Waals surface area contributed by atoms with Gasteiger partial charge >= 0.3 is 0 Å². The van der Waals surface area contributed by atoms with Gasteiger partial charge in [-0.1, -0.05) is 70.9 Å². The zero-order chi connectivity index (χ0) is 30.0. The van der Waals surface area contributed by atoms with Crippen molar-refractivity contribution < 1.29 is 19.2 Å². The van der Waals surface area contributed by atoms with Gasteiger partial charge in [0.25, 0.3) is 23.6 Å². The molecule has 2 heterocycles. The number of amides is 4. The van der Waals surface area contributed by atoms with Crippen LogP contribution in [0.15, 0.2) is 93.2 Å². The van der Waals surface area contributed by atoms with Crippen LogP contribution in [0, 0.1) is 0 Å². The van der Waals surface area contributed by atoms with Crippen LogP contribution >= 0.6 is 0 Å². The highest BCUT2D eigenvalue weighted by Crippen LogP contribution is 2.37. The Morgan fingerprint density at radius 2 is 1.05 bits per heavy atom. The molecule has 2 aliphatic heterocycles. The van der Waals surface area contributed by atoms with Crippen LogP contribution in [0.3, 0.4) is 0 Å². The smallest absolute Gasteiger partial charge is 0.257 e. The van der Waals surface area contributed by atoms with Gasteiger partial charge in [-0.2, -0.15) is 0 Å². The Balaban J connectivity index is 1.20. The van der Waals surface area contributed by atoms with Gasteiger partial charge in [0.15, 0.2) is 0 Å². The highest BCUT2D eigenvalue weighted by atomic mass is 16.2. The highest BCUT2D eigenvalue weighted by molar-refractivity contribution is 6.20. The van der Waals surface area contributed by atoms with Crippen LogP contribution < -0.4 is 0 Å². The summed E-state index contributed by atoms with van der Waals surface area (Å²) in [7, 11) is 0. The Kier molecular flexibility index (Phi) is 8.72. The molecule has 0 saturated heterocycles. The zero-order valence-electron chi connectivity index (χ0n) is 25.2. The lowest BCUT2D eigenvalue weighted by atomic mass is 9.90. The van der Waals surface area contributed by atoms with E-state index < -0.39 is 0 Å². The van der Waals surface area contributed by atoms with Gasteiger partial charge in [-0.25, -0.2) is 0 Å². The van der Waals surface area contributed by atoms with E-state index in [1.165, 1.54) is 32.1 Å². The van der Waals surface area contributed by atoms with Crippen molar-refractivity contribution >= 4 is 23.6 Å². The largest absolute Gasteiger partial charge is 0.270 e. The summed E-state index contributed by atoms with van der Waals surface area (Å²) >= 11 is 0. The maximum Gasteiger partial charge on any atom is 0.257 e. The number of benzene rings is 1. The van der Waals surface area contributed by atoms with Crippen molar-refractivity contribution in [1.29, 1.82) is 0 Å². The van der Waals surface area contributed by atoms with Gasteiger partial charge in [0.2, 0.25) is 0 Å². The van der Waals surface area contributed by atoms with E-state index in [0.717, 1.165) is 36.8 Å². The van der Waals surface area contributed by atoms with Gasteiger partial charge < -0.3 is 0 Å². The van der Waals surface area contributed by atoms with E-state index in [1.807, 2.05) is 24.3 Å². The molecule has 0 aromatic heterocycles. The first-order chi connectivity index (χ1) is 20.1. The molecule has 0 fully saturated rings. The Hall–Kier alpha value is -4.06. The van der Waals surface area contributed by atoms with Crippen LogP contribution in [-0.4, -0.2) is 33.4 Å². The van der Waals surface area contributed by atoms with Crippen LogP contribution in [0.4, 0.5) is 0 Å². The molecule has 218 valence electrons. The van der Waals surface area contributed by atoms with Gasteiger partial charge in [0.05, 0.1) is 13.1 Å². The van der Waals surface area contributed by atoms with E-state index >= 15 is 0 Å². The number of nitrogens with zero attached hydrogens (tertiary/aromatic N) is 2. The maximum absolute atomic E-state index is 13.3. The quantitative estimate of drug-likeness (QED) is 0.228. The minimum absolute atomic E-state index is 0.168. The summed E-state index contributed by atoms with van der Waals surface area (Å²) in [5, 5.41) is 0. The van der Waals surface area contributed by atoms with Crippen LogP contribution in [0.25, 0.3) is 0 Å². The lowest BCUT2D eigenvalue weighted by Gasteiger charge is -2.18. The number of imide groups is 2. The average Bonchev–Trinajstić information content (AvgIpc) is 3.32. The van der Waals surface area contributed by atoms with Gasteiger partial charge in [0, 0.05) is 22.3 Å². The molecule has 0 spiro atoms. The van der Waals surface area contributed by atoms with Gasteiger partial charge in [-0.3, -0.25) is 29.0 Å². The summed E-state index contributed by atoms with van der Waals surface area (Å²) in [6.07, 6.45) is 14.3. The third-order valence-electron chi connectivity index (χ3n) is 8.45. The van der Waals surface area contributed by atoms with Gasteiger partial charge in [0.1, 0.15) is 0 Å². The Bertz CT molecular complexity index is 1430. The molecule has 0 bridgehead atoms. The van der Waals surface area contributed by atoms with E-state index in [9.17, 15) is 19.2 Å². The topological polar surface area (TPSA) is 74.8 Å². The summed E-state index contributed by atoms with van der Waals surface area (Å²) in [6, 6.07) is 7.50. The lowest BCUT2D eigenvalue weighted by molar-refractivity contribution is -0.139. The first-order valence-electron chi connectivity index (χ1n) is 15.0. The summed E-state index contributed by atoms with van der Waals surface area (Å²) in [5.41, 5.74) is 9.05. The van der Waals surface area contributed by atoms with Crippen molar-refractivity contribution in [3.63, 3.8) is 0 Å². The molecule has 6 heteroatoms. The van der Waals surface area contributed by atoms with Crippen molar-refractivity contribution in [1.82, 2.24) is 9.80 Å². The second-order valence-electron chi connectivity index (χ2n) is 12.3. The van der Waals surface area contributed by atoms with Crippen molar-refractivity contribution in [3.8, 4) is 0 Å². The molecule has 1 aromatic carbocycles. The molecule has 2 aliphatic carbocycles. The molecule has 42 heavy (non-hydrogen) atoms. The van der Waals surface area contributed by atoms with E-state index in [4.69, 9.17) is 0 Å². The van der Waals surface area contributed by atoms with E-state index in [2.05, 4.69) is 52.0 Å². The zero-order valence-corrected chi connectivity index (χ0v) is 25.2. The standard InChI is InChI=1S/C36H40N2O4/c1-23(2)8-5-10-25-14-16-29-31(19-25)35(41)37(33(29)39)21-27-12-7-13-28(18-27)22-38-34(40)30-17-15-26(11-6-9-24(3)4)20-32(30)36(38)42/h7-9,12-15,18H,5-6,10-11,16-17,19-22H2,1-4H3. The molecule has 1 aromatic rings. The molecule has 4 aliphatic rings. The molecule has 0 N–H and O–H groups in total. The van der Waals surface area contributed by atoms with Gasteiger partial charge in [-0.15, -0.1) is 0 Å². The molecule has 5 rings (SSSR count). The van der Waals surface area contributed by atoms with Crippen LogP contribution in [0.2, 0.25) is 0 Å². The molecular formula is C36H40N2O4. The second-order valence-corrected chi connectivity index (χ2v) is 12.3. The van der Waals surface area contributed by atoms with Crippen molar-refractivity contribution in [2.45, 2.75) is 92.2 Å². The number of carbonyl (C=O) groups is 4. The number of carbonyl (C=O) groups excluding carboxylic acids is 4. The fourth-order valence-corrected chi connectivity index (χ4v) is 6.18. The van der Waals surface area contributed by atoms with Gasteiger partial charge in [-0.05, 0) is 90.2 Å². The minimum Gasteiger partial charge on any atom is -0.270 e. The van der Waals surface area contributed by atoms with Crippen LogP contribution in [0.1, 0.15) is 90.2 Å². The number of rotatable bonds is 10. The van der Waals surface area contributed by atoms with Crippen molar-refractivity contribution in [2.24, 2.45) is 0 Å². The lowest BCUT2D eigenvalue weighted by Crippen LogP contribution is -2.32. The van der Waals surface area contributed by atoms with Crippen LogP contribution in [-0.2, 0) is 32.3 Å². The second kappa shape index (κ2) is 12.4. The first kappa shape index (κ1) is 29.4. The predicted molar refractivity (Wildman–Crippen MR) is 164 cm³/mol. The summed E-state index contributed by atoms with van der Waals surface area (Å²) in [4.78, 5) is 55.6. The molecule has 0 atom stereocenters. The molecule has 0 saturated carbocycles. The summed E-state index contributed by atoms with van der Waals surface area (Å²) in [6.45, 7) is 8.65. The fraction of sp³-hybridized carbons (Fsp3) is 0.389. The minimum atomic E-state index is -0.213. The van der Waals surface area contributed by atoms with Crippen molar-refractivity contribution in [3.05, 3.63) is 104 Å². The van der Waals surface area contributed by atoms with Crippen molar-refractivity contribution in [2.75, 3.05) is 0 Å². The number of hydrogen-bond donors (Lipinski definition) is 0. The Morgan fingerprint density at radius 1 is 0.643 bits per heavy atom. The summed E-state index contributed by atoms with van der Waals surface area (Å²) in [5.74, 6) is -0.838.